The number of hydrogen-bond acceptors (Lipinski definition) is 4. The first kappa shape index (κ1) is 18.2. The highest BCUT2D eigenvalue weighted by molar-refractivity contribution is 5.85. The predicted octanol–water partition coefficient (Wildman–Crippen LogP) is 3.30. The second kappa shape index (κ2) is 6.39. The molecule has 0 saturated heterocycles. The first-order chi connectivity index (χ1) is 11.1. The van der Waals surface area contributed by atoms with Crippen molar-refractivity contribution in [3.05, 3.63) is 29.6 Å². The number of ether oxygens (including phenoxy) is 2. The molecule has 6 nitrogen and oxygen atoms in total. The summed E-state index contributed by atoms with van der Waals surface area (Å²) in [5.41, 5.74) is -0.997. The van der Waals surface area contributed by atoms with Crippen LogP contribution in [0, 0.1) is 5.82 Å². The topological polar surface area (TPSA) is 84.9 Å². The molecule has 0 spiro atoms. The van der Waals surface area contributed by atoms with Crippen LogP contribution in [0.25, 0.3) is 0 Å². The van der Waals surface area contributed by atoms with Crippen LogP contribution in [0.5, 0.6) is 0 Å². The highest BCUT2D eigenvalue weighted by Crippen LogP contribution is 2.53. The Kier molecular flexibility index (Phi) is 4.85. The Balaban J connectivity index is 2.27. The van der Waals surface area contributed by atoms with Crippen LogP contribution in [0.1, 0.15) is 39.2 Å². The maximum atomic E-state index is 14.3. The Morgan fingerprint density at radius 3 is 2.42 bits per heavy atom. The van der Waals surface area contributed by atoms with E-state index in [2.05, 4.69) is 5.32 Å². The Morgan fingerprint density at radius 2 is 1.96 bits per heavy atom. The van der Waals surface area contributed by atoms with Gasteiger partial charge in [-0.1, -0.05) is 0 Å². The van der Waals surface area contributed by atoms with E-state index in [1.807, 2.05) is 0 Å². The molecule has 1 amide bonds. The number of anilines is 1. The summed E-state index contributed by atoms with van der Waals surface area (Å²) >= 11 is 0. The van der Waals surface area contributed by atoms with Gasteiger partial charge in [0.05, 0.1) is 0 Å². The molecule has 7 heteroatoms. The summed E-state index contributed by atoms with van der Waals surface area (Å²) in [4.78, 5) is 23.2. The van der Waals surface area contributed by atoms with Crippen molar-refractivity contribution >= 4 is 17.7 Å². The molecule has 2 rings (SSSR count). The number of carbonyl (C=O) groups is 2. The summed E-state index contributed by atoms with van der Waals surface area (Å²) in [6.45, 7) is 5.20. The number of hydrogen-bond donors (Lipinski definition) is 2. The van der Waals surface area contributed by atoms with Crippen molar-refractivity contribution in [1.82, 2.24) is 0 Å². The van der Waals surface area contributed by atoms with Crippen molar-refractivity contribution < 1.29 is 28.6 Å². The summed E-state index contributed by atoms with van der Waals surface area (Å²) in [6, 6.07) is 4.05. The first-order valence-electron chi connectivity index (χ1n) is 7.65. The molecule has 1 fully saturated rings. The number of nitrogens with one attached hydrogen (secondary N) is 1. The summed E-state index contributed by atoms with van der Waals surface area (Å²) in [7, 11) is 1.29. The summed E-state index contributed by atoms with van der Waals surface area (Å²) in [6.07, 6.45) is -0.787. The summed E-state index contributed by atoms with van der Waals surface area (Å²) < 4.78 is 24.5. The molecule has 1 aliphatic rings. The molecule has 0 radical (unpaired) electrons. The lowest BCUT2D eigenvalue weighted by atomic mass is 9.89. The van der Waals surface area contributed by atoms with E-state index in [-0.39, 0.29) is 5.56 Å². The molecule has 1 aromatic rings. The van der Waals surface area contributed by atoms with Crippen molar-refractivity contribution in [2.24, 2.45) is 0 Å². The SMILES string of the molecule is COC(C(=O)O)C1(c2cc(NC(=O)OC(C)(C)C)ccc2F)CC1. The van der Waals surface area contributed by atoms with E-state index in [0.717, 1.165) is 0 Å². The van der Waals surface area contributed by atoms with Gasteiger partial charge < -0.3 is 14.6 Å². The van der Waals surface area contributed by atoms with Gasteiger partial charge in [0.15, 0.2) is 6.10 Å². The zero-order valence-corrected chi connectivity index (χ0v) is 14.2. The molecule has 0 aromatic heterocycles. The third-order valence-electron chi connectivity index (χ3n) is 3.90. The van der Waals surface area contributed by atoms with Gasteiger partial charge in [-0.2, -0.15) is 0 Å². The van der Waals surface area contributed by atoms with Crippen molar-refractivity contribution in [3.8, 4) is 0 Å². The smallest absolute Gasteiger partial charge is 0.412 e. The number of rotatable bonds is 5. The van der Waals surface area contributed by atoms with Crippen LogP contribution in [0.2, 0.25) is 0 Å². The van der Waals surface area contributed by atoms with Crippen LogP contribution in [-0.2, 0) is 19.7 Å². The number of methoxy groups -OCH3 is 1. The zero-order chi connectivity index (χ0) is 18.1. The molecule has 1 aliphatic carbocycles. The normalized spacial score (nSPS) is 17.0. The van der Waals surface area contributed by atoms with Crippen LogP contribution in [0.15, 0.2) is 18.2 Å². The van der Waals surface area contributed by atoms with E-state index < -0.39 is 35.0 Å². The van der Waals surface area contributed by atoms with Crippen LogP contribution in [0.3, 0.4) is 0 Å². The molecule has 0 aliphatic heterocycles. The van der Waals surface area contributed by atoms with Crippen LogP contribution in [0.4, 0.5) is 14.9 Å². The molecular formula is C17H22FNO5. The monoisotopic (exact) mass is 339 g/mol. The Labute approximate surface area is 139 Å². The van der Waals surface area contributed by atoms with Gasteiger partial charge in [-0.15, -0.1) is 0 Å². The molecule has 0 bridgehead atoms. The van der Waals surface area contributed by atoms with Gasteiger partial charge in [0.2, 0.25) is 0 Å². The summed E-state index contributed by atoms with van der Waals surface area (Å²) in [5.74, 6) is -1.66. The number of carboxylic acids is 1. The van der Waals surface area contributed by atoms with E-state index in [4.69, 9.17) is 9.47 Å². The van der Waals surface area contributed by atoms with E-state index in [9.17, 15) is 19.1 Å². The van der Waals surface area contributed by atoms with Gasteiger partial charge in [-0.25, -0.2) is 14.0 Å². The van der Waals surface area contributed by atoms with E-state index in [1.54, 1.807) is 20.8 Å². The zero-order valence-electron chi connectivity index (χ0n) is 14.2. The second-order valence-corrected chi connectivity index (χ2v) is 6.93. The maximum absolute atomic E-state index is 14.3. The van der Waals surface area contributed by atoms with E-state index in [1.165, 1.54) is 25.3 Å². The van der Waals surface area contributed by atoms with Gasteiger partial charge in [-0.3, -0.25) is 5.32 Å². The van der Waals surface area contributed by atoms with Crippen molar-refractivity contribution in [3.63, 3.8) is 0 Å². The lowest BCUT2D eigenvalue weighted by Gasteiger charge is -2.24. The largest absolute Gasteiger partial charge is 0.479 e. The number of halogens is 1. The Bertz CT molecular complexity index is 649. The molecular weight excluding hydrogens is 317 g/mol. The molecule has 24 heavy (non-hydrogen) atoms. The lowest BCUT2D eigenvalue weighted by molar-refractivity contribution is -0.150. The number of amides is 1. The van der Waals surface area contributed by atoms with Crippen LogP contribution < -0.4 is 5.32 Å². The second-order valence-electron chi connectivity index (χ2n) is 6.93. The molecule has 1 saturated carbocycles. The fourth-order valence-corrected chi connectivity index (χ4v) is 2.78. The Hall–Kier alpha value is -2.15. The number of carbonyl (C=O) groups excluding carboxylic acids is 1. The van der Waals surface area contributed by atoms with Crippen LogP contribution in [-0.4, -0.2) is 36.0 Å². The Morgan fingerprint density at radius 1 is 1.33 bits per heavy atom. The average Bonchev–Trinajstić information content (AvgIpc) is 3.20. The highest BCUT2D eigenvalue weighted by Gasteiger charge is 2.55. The van der Waals surface area contributed by atoms with Gasteiger partial charge in [0.1, 0.15) is 11.4 Å². The molecule has 1 unspecified atom stereocenters. The fourth-order valence-electron chi connectivity index (χ4n) is 2.78. The van der Waals surface area contributed by atoms with Crippen molar-refractivity contribution in [2.75, 3.05) is 12.4 Å². The standard InChI is InChI=1S/C17H22FNO5/c1-16(2,3)24-15(22)19-10-5-6-12(18)11(9-10)17(7-8-17)13(23-4)14(20)21/h5-6,9,13H,7-8H2,1-4H3,(H,19,22)(H,20,21). The lowest BCUT2D eigenvalue weighted by Crippen LogP contribution is -2.36. The fraction of sp³-hybridized carbons (Fsp3) is 0.529. The van der Waals surface area contributed by atoms with E-state index in [0.29, 0.717) is 18.5 Å². The van der Waals surface area contributed by atoms with Crippen LogP contribution >= 0.6 is 0 Å². The third kappa shape index (κ3) is 3.84. The quantitative estimate of drug-likeness (QED) is 0.860. The summed E-state index contributed by atoms with van der Waals surface area (Å²) in [5, 5.41) is 11.8. The third-order valence-corrected chi connectivity index (χ3v) is 3.90. The maximum Gasteiger partial charge on any atom is 0.412 e. The van der Waals surface area contributed by atoms with Gasteiger partial charge in [0.25, 0.3) is 0 Å². The van der Waals surface area contributed by atoms with Crippen molar-refractivity contribution in [2.45, 2.75) is 50.7 Å². The molecule has 2 N–H and O–H groups in total. The minimum atomic E-state index is -1.14. The number of benzene rings is 1. The minimum absolute atomic E-state index is 0.227. The van der Waals surface area contributed by atoms with Crippen molar-refractivity contribution in [1.29, 1.82) is 0 Å². The highest BCUT2D eigenvalue weighted by atomic mass is 19.1. The average molecular weight is 339 g/mol. The minimum Gasteiger partial charge on any atom is -0.479 e. The molecule has 0 heterocycles. The number of carboxylic acid groups (broad SMARTS) is 1. The van der Waals surface area contributed by atoms with Gasteiger partial charge in [0, 0.05) is 18.2 Å². The molecule has 1 atom stereocenters. The molecule has 1 aromatic carbocycles. The van der Waals surface area contributed by atoms with Gasteiger partial charge in [-0.05, 0) is 57.4 Å². The predicted molar refractivity (Wildman–Crippen MR) is 85.6 cm³/mol. The first-order valence-corrected chi connectivity index (χ1v) is 7.65. The van der Waals surface area contributed by atoms with E-state index >= 15 is 0 Å². The van der Waals surface area contributed by atoms with Gasteiger partial charge >= 0.3 is 12.1 Å². The number of aliphatic carboxylic acids is 1. The molecule has 132 valence electrons.